The smallest absolute Gasteiger partial charge is 0.147 e. The fourth-order valence-electron chi connectivity index (χ4n) is 2.77. The zero-order chi connectivity index (χ0) is 17.2. The molecule has 0 aliphatic rings. The highest BCUT2D eigenvalue weighted by atomic mass is 19.1. The largest absolute Gasteiger partial charge is 0.365 e. The van der Waals surface area contributed by atoms with Gasteiger partial charge in [-0.05, 0) is 36.8 Å². The summed E-state index contributed by atoms with van der Waals surface area (Å²) in [6, 6.07) is 11.2. The van der Waals surface area contributed by atoms with Crippen molar-refractivity contribution in [1.29, 1.82) is 0 Å². The Hall–Kier alpha value is -3.28. The molecule has 5 nitrogen and oxygen atoms in total. The minimum absolute atomic E-state index is 0.291. The van der Waals surface area contributed by atoms with E-state index in [2.05, 4.69) is 20.3 Å². The van der Waals surface area contributed by atoms with Crippen LogP contribution in [0.5, 0.6) is 0 Å². The number of anilines is 1. The molecule has 0 saturated carbocycles. The third-order valence-electron chi connectivity index (χ3n) is 4.05. The summed E-state index contributed by atoms with van der Waals surface area (Å²) >= 11 is 0. The zero-order valence-corrected chi connectivity index (χ0v) is 13.6. The molecular formula is C19H16FN5. The summed E-state index contributed by atoms with van der Waals surface area (Å²) in [4.78, 5) is 12.5. The van der Waals surface area contributed by atoms with Crippen LogP contribution in [0.3, 0.4) is 0 Å². The number of benzene rings is 2. The van der Waals surface area contributed by atoms with Gasteiger partial charge in [0.2, 0.25) is 0 Å². The van der Waals surface area contributed by atoms with E-state index in [-0.39, 0.29) is 5.82 Å². The maximum atomic E-state index is 14.3. The second-order valence-electron chi connectivity index (χ2n) is 5.85. The predicted octanol–water partition coefficient (Wildman–Crippen LogP) is 3.88. The molecule has 0 aliphatic heterocycles. The summed E-state index contributed by atoms with van der Waals surface area (Å²) in [5, 5.41) is 4.23. The number of rotatable bonds is 4. The first-order valence-corrected chi connectivity index (χ1v) is 7.93. The first kappa shape index (κ1) is 15.3. The minimum Gasteiger partial charge on any atom is -0.365 e. The lowest BCUT2D eigenvalue weighted by Crippen LogP contribution is -2.04. The van der Waals surface area contributed by atoms with Gasteiger partial charge in [0.05, 0.1) is 17.5 Å². The number of fused-ring (bicyclic) bond motifs is 1. The lowest BCUT2D eigenvalue weighted by Gasteiger charge is -2.10. The molecule has 6 heteroatoms. The van der Waals surface area contributed by atoms with E-state index in [9.17, 15) is 4.39 Å². The molecule has 0 aliphatic carbocycles. The third kappa shape index (κ3) is 3.06. The Kier molecular flexibility index (Phi) is 3.85. The Morgan fingerprint density at radius 3 is 2.84 bits per heavy atom. The molecule has 0 atom stereocenters. The van der Waals surface area contributed by atoms with Crippen LogP contribution in [-0.2, 0) is 6.54 Å². The van der Waals surface area contributed by atoms with Crippen LogP contribution in [0.4, 0.5) is 10.2 Å². The van der Waals surface area contributed by atoms with E-state index in [4.69, 9.17) is 0 Å². The highest BCUT2D eigenvalue weighted by molar-refractivity contribution is 5.89. The second kappa shape index (κ2) is 6.32. The Bertz CT molecular complexity index is 1030. The molecular weight excluding hydrogens is 317 g/mol. The van der Waals surface area contributed by atoms with Crippen LogP contribution in [0.25, 0.3) is 16.6 Å². The lowest BCUT2D eigenvalue weighted by atomic mass is 10.1. The lowest BCUT2D eigenvalue weighted by molar-refractivity contribution is 0.616. The number of aryl methyl sites for hydroxylation is 1. The van der Waals surface area contributed by atoms with Crippen molar-refractivity contribution >= 4 is 16.7 Å². The molecule has 2 aromatic heterocycles. The average Bonchev–Trinajstić information content (AvgIpc) is 3.14. The van der Waals surface area contributed by atoms with E-state index < -0.39 is 0 Å². The SMILES string of the molecule is Cc1ccc2ncnc(NCc3ccc(-n4ccnc4)c(F)c3)c2c1. The number of nitrogens with one attached hydrogen (secondary N) is 1. The minimum atomic E-state index is -0.291. The summed E-state index contributed by atoms with van der Waals surface area (Å²) < 4.78 is 16.0. The average molecular weight is 333 g/mol. The van der Waals surface area contributed by atoms with E-state index in [0.717, 1.165) is 27.8 Å². The number of hydrogen-bond donors (Lipinski definition) is 1. The van der Waals surface area contributed by atoms with Crippen molar-refractivity contribution in [2.45, 2.75) is 13.5 Å². The molecule has 25 heavy (non-hydrogen) atoms. The Morgan fingerprint density at radius 1 is 1.12 bits per heavy atom. The molecule has 2 aromatic carbocycles. The van der Waals surface area contributed by atoms with Gasteiger partial charge in [-0.25, -0.2) is 19.3 Å². The van der Waals surface area contributed by atoms with Crippen LogP contribution >= 0.6 is 0 Å². The van der Waals surface area contributed by atoms with Crippen LogP contribution in [0.2, 0.25) is 0 Å². The molecule has 4 aromatic rings. The van der Waals surface area contributed by atoms with Crippen LogP contribution in [0, 0.1) is 12.7 Å². The van der Waals surface area contributed by atoms with Gasteiger partial charge >= 0.3 is 0 Å². The van der Waals surface area contributed by atoms with Crippen molar-refractivity contribution in [1.82, 2.24) is 19.5 Å². The summed E-state index contributed by atoms with van der Waals surface area (Å²) in [6.45, 7) is 2.50. The van der Waals surface area contributed by atoms with E-state index in [1.807, 2.05) is 31.2 Å². The molecule has 0 amide bonds. The number of hydrogen-bond acceptors (Lipinski definition) is 4. The summed E-state index contributed by atoms with van der Waals surface area (Å²) in [7, 11) is 0. The van der Waals surface area contributed by atoms with Crippen molar-refractivity contribution in [3.8, 4) is 5.69 Å². The molecule has 2 heterocycles. The topological polar surface area (TPSA) is 55.6 Å². The monoisotopic (exact) mass is 333 g/mol. The van der Waals surface area contributed by atoms with E-state index in [1.54, 1.807) is 29.4 Å². The zero-order valence-electron chi connectivity index (χ0n) is 13.6. The fraction of sp³-hybridized carbons (Fsp3) is 0.105. The molecule has 0 radical (unpaired) electrons. The normalized spacial score (nSPS) is 11.0. The van der Waals surface area contributed by atoms with Gasteiger partial charge < -0.3 is 9.88 Å². The van der Waals surface area contributed by atoms with Crippen molar-refractivity contribution < 1.29 is 4.39 Å². The van der Waals surface area contributed by atoms with E-state index in [0.29, 0.717) is 12.2 Å². The predicted molar refractivity (Wildman–Crippen MR) is 95.1 cm³/mol. The van der Waals surface area contributed by atoms with Crippen molar-refractivity contribution in [3.05, 3.63) is 78.4 Å². The fourth-order valence-corrected chi connectivity index (χ4v) is 2.77. The first-order valence-electron chi connectivity index (χ1n) is 7.93. The van der Waals surface area contributed by atoms with Gasteiger partial charge in [-0.3, -0.25) is 0 Å². The molecule has 0 spiro atoms. The molecule has 0 saturated heterocycles. The van der Waals surface area contributed by atoms with Gasteiger partial charge in [-0.2, -0.15) is 0 Å². The summed E-state index contributed by atoms with van der Waals surface area (Å²) in [5.74, 6) is 0.452. The number of imidazole rings is 1. The van der Waals surface area contributed by atoms with Gasteiger partial charge in [0.15, 0.2) is 0 Å². The molecule has 124 valence electrons. The number of nitrogens with zero attached hydrogens (tertiary/aromatic N) is 4. The van der Waals surface area contributed by atoms with Gasteiger partial charge in [0.1, 0.15) is 18.0 Å². The molecule has 0 unspecified atom stereocenters. The first-order chi connectivity index (χ1) is 12.2. The maximum absolute atomic E-state index is 14.3. The van der Waals surface area contributed by atoms with Gasteiger partial charge in [-0.1, -0.05) is 17.7 Å². The van der Waals surface area contributed by atoms with Crippen molar-refractivity contribution in [2.75, 3.05) is 5.32 Å². The Balaban J connectivity index is 1.58. The van der Waals surface area contributed by atoms with Crippen molar-refractivity contribution in [2.24, 2.45) is 0 Å². The maximum Gasteiger partial charge on any atom is 0.147 e. The van der Waals surface area contributed by atoms with Crippen LogP contribution in [-0.4, -0.2) is 19.5 Å². The summed E-state index contributed by atoms with van der Waals surface area (Å²) in [6.07, 6.45) is 6.44. The molecule has 0 bridgehead atoms. The Morgan fingerprint density at radius 2 is 2.04 bits per heavy atom. The van der Waals surface area contributed by atoms with Crippen LogP contribution in [0.1, 0.15) is 11.1 Å². The second-order valence-corrected chi connectivity index (χ2v) is 5.85. The number of halogens is 1. The number of aromatic nitrogens is 4. The molecule has 4 rings (SSSR count). The Labute approximate surface area is 144 Å². The molecule has 1 N–H and O–H groups in total. The van der Waals surface area contributed by atoms with Crippen LogP contribution < -0.4 is 5.32 Å². The molecule has 0 fully saturated rings. The standard InChI is InChI=1S/C19H16FN5/c1-13-2-4-17-15(8-13)19(24-11-23-17)22-10-14-3-5-18(16(20)9-14)25-7-6-21-12-25/h2-9,11-12H,10H2,1H3,(H,22,23,24). The van der Waals surface area contributed by atoms with Gasteiger partial charge in [0.25, 0.3) is 0 Å². The third-order valence-corrected chi connectivity index (χ3v) is 4.05. The quantitative estimate of drug-likeness (QED) is 0.616. The van der Waals surface area contributed by atoms with Gasteiger partial charge in [0, 0.05) is 24.3 Å². The summed E-state index contributed by atoms with van der Waals surface area (Å²) in [5.41, 5.74) is 3.33. The van der Waals surface area contributed by atoms with E-state index in [1.165, 1.54) is 12.4 Å². The van der Waals surface area contributed by atoms with Gasteiger partial charge in [-0.15, -0.1) is 0 Å². The van der Waals surface area contributed by atoms with Crippen LogP contribution in [0.15, 0.2) is 61.4 Å². The van der Waals surface area contributed by atoms with Crippen molar-refractivity contribution in [3.63, 3.8) is 0 Å². The highest BCUT2D eigenvalue weighted by Crippen LogP contribution is 2.21. The van der Waals surface area contributed by atoms with E-state index >= 15 is 0 Å². The highest BCUT2D eigenvalue weighted by Gasteiger charge is 2.07.